The number of nitrogens with one attached hydrogen (secondary N) is 1. The SMILES string of the molecule is CN(C)C(=O)c1ccc2c(c1)N(C)C(CC(=O)Nc1cc(C(C)(C)C)on1)CO2. The third-order valence-electron chi connectivity index (χ3n) is 4.91. The van der Waals surface area contributed by atoms with E-state index in [9.17, 15) is 9.59 Å². The second-order valence-electron chi connectivity index (χ2n) is 8.54. The van der Waals surface area contributed by atoms with Crippen LogP contribution in [0.4, 0.5) is 11.5 Å². The predicted octanol–water partition coefficient (Wildman–Crippen LogP) is 2.90. The molecule has 1 aromatic carbocycles. The summed E-state index contributed by atoms with van der Waals surface area (Å²) in [5.74, 6) is 1.55. The van der Waals surface area contributed by atoms with Gasteiger partial charge >= 0.3 is 0 Å². The molecule has 0 fully saturated rings. The van der Waals surface area contributed by atoms with Crippen molar-refractivity contribution < 1.29 is 18.8 Å². The maximum Gasteiger partial charge on any atom is 0.253 e. The lowest BCUT2D eigenvalue weighted by atomic mass is 9.93. The van der Waals surface area contributed by atoms with Crippen LogP contribution in [0.3, 0.4) is 0 Å². The largest absolute Gasteiger partial charge is 0.489 e. The Hall–Kier alpha value is -3.03. The van der Waals surface area contributed by atoms with E-state index in [0.717, 1.165) is 5.69 Å². The first-order chi connectivity index (χ1) is 13.6. The zero-order chi connectivity index (χ0) is 21.3. The summed E-state index contributed by atoms with van der Waals surface area (Å²) in [7, 11) is 5.32. The van der Waals surface area contributed by atoms with Gasteiger partial charge in [-0.2, -0.15) is 0 Å². The Morgan fingerprint density at radius 3 is 2.62 bits per heavy atom. The standard InChI is InChI=1S/C21H28N4O4/c1-21(2,3)17-11-18(23-29-17)22-19(26)10-14-12-28-16-8-7-13(20(27)24(4)5)9-15(16)25(14)6/h7-9,11,14H,10,12H2,1-6H3,(H,22,23,26). The molecule has 29 heavy (non-hydrogen) atoms. The summed E-state index contributed by atoms with van der Waals surface area (Å²) in [6, 6.07) is 6.92. The Balaban J connectivity index is 1.69. The lowest BCUT2D eigenvalue weighted by Crippen LogP contribution is -2.42. The van der Waals surface area contributed by atoms with Gasteiger partial charge in [-0.1, -0.05) is 25.9 Å². The van der Waals surface area contributed by atoms with Gasteiger partial charge in [0.2, 0.25) is 5.91 Å². The van der Waals surface area contributed by atoms with Crippen molar-refractivity contribution in [3.05, 3.63) is 35.6 Å². The summed E-state index contributed by atoms with van der Waals surface area (Å²) in [5.41, 5.74) is 1.18. The smallest absolute Gasteiger partial charge is 0.253 e. The van der Waals surface area contributed by atoms with E-state index >= 15 is 0 Å². The highest BCUT2D eigenvalue weighted by Gasteiger charge is 2.28. The third kappa shape index (κ3) is 4.52. The fourth-order valence-electron chi connectivity index (χ4n) is 3.09. The molecule has 0 saturated carbocycles. The summed E-state index contributed by atoms with van der Waals surface area (Å²) in [4.78, 5) is 28.3. The summed E-state index contributed by atoms with van der Waals surface area (Å²) in [6.07, 6.45) is 0.222. The Bertz CT molecular complexity index is 914. The van der Waals surface area contributed by atoms with Gasteiger partial charge in [-0.15, -0.1) is 0 Å². The zero-order valence-corrected chi connectivity index (χ0v) is 17.8. The number of hydrogen-bond acceptors (Lipinski definition) is 6. The van der Waals surface area contributed by atoms with Gasteiger partial charge in [-0.3, -0.25) is 9.59 Å². The van der Waals surface area contributed by atoms with Gasteiger partial charge in [-0.25, -0.2) is 0 Å². The number of anilines is 2. The molecule has 1 aliphatic heterocycles. The van der Waals surface area contributed by atoms with Crippen molar-refractivity contribution in [2.75, 3.05) is 38.0 Å². The predicted molar refractivity (Wildman–Crippen MR) is 111 cm³/mol. The fourth-order valence-corrected chi connectivity index (χ4v) is 3.09. The molecule has 1 aromatic heterocycles. The maximum absolute atomic E-state index is 12.5. The summed E-state index contributed by atoms with van der Waals surface area (Å²) in [5, 5.41) is 6.71. The molecule has 1 aliphatic rings. The molecule has 8 heteroatoms. The van der Waals surface area contributed by atoms with Crippen molar-refractivity contribution in [1.82, 2.24) is 10.1 Å². The minimum atomic E-state index is -0.182. The molecule has 0 spiro atoms. The minimum absolute atomic E-state index is 0.0817. The van der Waals surface area contributed by atoms with E-state index in [0.29, 0.717) is 29.5 Å². The average molecular weight is 400 g/mol. The molecule has 1 atom stereocenters. The van der Waals surface area contributed by atoms with Gasteiger partial charge in [0.25, 0.3) is 5.91 Å². The maximum atomic E-state index is 12.5. The summed E-state index contributed by atoms with van der Waals surface area (Å²) >= 11 is 0. The second-order valence-corrected chi connectivity index (χ2v) is 8.54. The number of carbonyl (C=O) groups excluding carboxylic acids is 2. The van der Waals surface area contributed by atoms with Crippen LogP contribution in [-0.2, 0) is 10.2 Å². The van der Waals surface area contributed by atoms with Crippen LogP contribution in [0.5, 0.6) is 5.75 Å². The van der Waals surface area contributed by atoms with E-state index in [1.807, 2.05) is 32.7 Å². The molecule has 1 N–H and O–H groups in total. The van der Waals surface area contributed by atoms with Gasteiger partial charge in [0.15, 0.2) is 5.82 Å². The molecule has 2 heterocycles. The van der Waals surface area contributed by atoms with Crippen LogP contribution >= 0.6 is 0 Å². The molecule has 0 bridgehead atoms. The van der Waals surface area contributed by atoms with Crippen LogP contribution in [0, 0.1) is 0 Å². The van der Waals surface area contributed by atoms with Crippen LogP contribution in [0.2, 0.25) is 0 Å². The first-order valence-corrected chi connectivity index (χ1v) is 9.54. The number of ether oxygens (including phenoxy) is 1. The van der Waals surface area contributed by atoms with E-state index in [4.69, 9.17) is 9.26 Å². The summed E-state index contributed by atoms with van der Waals surface area (Å²) < 4.78 is 11.1. The molecule has 3 rings (SSSR count). The molecular weight excluding hydrogens is 372 g/mol. The number of likely N-dealkylation sites (N-methyl/N-ethyl adjacent to an activating group) is 1. The van der Waals surface area contributed by atoms with Gasteiger partial charge in [0.05, 0.1) is 18.2 Å². The Labute approximate surface area is 170 Å². The molecule has 2 amide bonds. The van der Waals surface area contributed by atoms with Crippen LogP contribution in [0.15, 0.2) is 28.8 Å². The van der Waals surface area contributed by atoms with E-state index in [2.05, 4.69) is 10.5 Å². The van der Waals surface area contributed by atoms with E-state index in [1.165, 1.54) is 4.90 Å². The Kier molecular flexibility index (Phi) is 5.55. The van der Waals surface area contributed by atoms with Crippen LogP contribution in [0.1, 0.15) is 43.3 Å². The van der Waals surface area contributed by atoms with Crippen molar-refractivity contribution in [1.29, 1.82) is 0 Å². The Morgan fingerprint density at radius 1 is 1.28 bits per heavy atom. The quantitative estimate of drug-likeness (QED) is 0.849. The molecule has 0 saturated heterocycles. The molecule has 0 radical (unpaired) electrons. The van der Waals surface area contributed by atoms with E-state index in [1.54, 1.807) is 38.4 Å². The topological polar surface area (TPSA) is 87.9 Å². The van der Waals surface area contributed by atoms with Crippen molar-refractivity contribution >= 4 is 23.3 Å². The molecule has 156 valence electrons. The lowest BCUT2D eigenvalue weighted by Gasteiger charge is -2.35. The summed E-state index contributed by atoms with van der Waals surface area (Å²) in [6.45, 7) is 6.42. The van der Waals surface area contributed by atoms with E-state index < -0.39 is 0 Å². The molecular formula is C21H28N4O4. The van der Waals surface area contributed by atoms with Gasteiger partial charge in [0, 0.05) is 38.2 Å². The number of amides is 2. The monoisotopic (exact) mass is 400 g/mol. The number of nitrogens with zero attached hydrogens (tertiary/aromatic N) is 3. The molecule has 2 aromatic rings. The number of benzene rings is 1. The number of hydrogen-bond donors (Lipinski definition) is 1. The highest BCUT2D eigenvalue weighted by Crippen LogP contribution is 2.35. The van der Waals surface area contributed by atoms with E-state index in [-0.39, 0.29) is 29.7 Å². The fraction of sp³-hybridized carbons (Fsp3) is 0.476. The third-order valence-corrected chi connectivity index (χ3v) is 4.91. The molecule has 0 aliphatic carbocycles. The van der Waals surface area contributed by atoms with Gasteiger partial charge in [-0.05, 0) is 18.2 Å². The van der Waals surface area contributed by atoms with Crippen LogP contribution in [0.25, 0.3) is 0 Å². The number of fused-ring (bicyclic) bond motifs is 1. The zero-order valence-electron chi connectivity index (χ0n) is 17.8. The van der Waals surface area contributed by atoms with Gasteiger partial charge < -0.3 is 24.4 Å². The van der Waals surface area contributed by atoms with Crippen molar-refractivity contribution in [3.63, 3.8) is 0 Å². The van der Waals surface area contributed by atoms with Crippen LogP contribution in [-0.4, -0.2) is 55.7 Å². The highest BCUT2D eigenvalue weighted by molar-refractivity contribution is 5.95. The first kappa shape index (κ1) is 20.7. The average Bonchev–Trinajstić information content (AvgIpc) is 3.12. The number of aromatic nitrogens is 1. The number of rotatable bonds is 4. The van der Waals surface area contributed by atoms with Crippen molar-refractivity contribution in [2.45, 2.75) is 38.6 Å². The normalized spacial score (nSPS) is 16.1. The van der Waals surface area contributed by atoms with Crippen molar-refractivity contribution in [2.24, 2.45) is 0 Å². The highest BCUT2D eigenvalue weighted by atomic mass is 16.5. The Morgan fingerprint density at radius 2 is 2.00 bits per heavy atom. The van der Waals surface area contributed by atoms with Crippen LogP contribution < -0.4 is 15.0 Å². The minimum Gasteiger partial charge on any atom is -0.489 e. The second kappa shape index (κ2) is 7.77. The molecule has 1 unspecified atom stereocenters. The van der Waals surface area contributed by atoms with Gasteiger partial charge in [0.1, 0.15) is 18.1 Å². The lowest BCUT2D eigenvalue weighted by molar-refractivity contribution is -0.116. The molecule has 8 nitrogen and oxygen atoms in total. The van der Waals surface area contributed by atoms with Crippen molar-refractivity contribution in [3.8, 4) is 5.75 Å². The first-order valence-electron chi connectivity index (χ1n) is 9.54. The number of carbonyl (C=O) groups is 2.